The second-order valence-electron chi connectivity index (χ2n) is 5.84. The van der Waals surface area contributed by atoms with Crippen LogP contribution in [-0.2, 0) is 9.53 Å². The predicted octanol–water partition coefficient (Wildman–Crippen LogP) is 3.17. The first-order valence-corrected chi connectivity index (χ1v) is 9.46. The number of nitrogens with zero attached hydrogens (tertiary/aromatic N) is 3. The van der Waals surface area contributed by atoms with Gasteiger partial charge in [-0.2, -0.15) is 21.8 Å². The Hall–Kier alpha value is -2.28. The Morgan fingerprint density at radius 3 is 2.80 bits per heavy atom. The first kappa shape index (κ1) is 17.5. The molecular formula is C18H22N4O2S. The molecule has 0 bridgehead atoms. The molecule has 1 N–H and O–H groups in total. The first-order valence-electron chi connectivity index (χ1n) is 8.30. The van der Waals surface area contributed by atoms with Crippen LogP contribution >= 0.6 is 11.8 Å². The quantitative estimate of drug-likeness (QED) is 0.632. The van der Waals surface area contributed by atoms with Gasteiger partial charge in [-0.15, -0.1) is 0 Å². The Kier molecular flexibility index (Phi) is 5.43. The lowest BCUT2D eigenvalue weighted by Crippen LogP contribution is -2.30. The van der Waals surface area contributed by atoms with E-state index >= 15 is 0 Å². The van der Waals surface area contributed by atoms with Crippen LogP contribution < -0.4 is 5.32 Å². The Morgan fingerprint density at radius 2 is 2.08 bits per heavy atom. The second kappa shape index (κ2) is 7.74. The zero-order chi connectivity index (χ0) is 17.8. The molecule has 0 saturated carbocycles. The number of hydrogen-bond acceptors (Lipinski definition) is 6. The molecular weight excluding hydrogens is 336 g/mol. The van der Waals surface area contributed by atoms with Crippen molar-refractivity contribution in [3.63, 3.8) is 0 Å². The van der Waals surface area contributed by atoms with E-state index in [1.54, 1.807) is 16.4 Å². The summed E-state index contributed by atoms with van der Waals surface area (Å²) in [6.07, 6.45) is 1.49. The van der Waals surface area contributed by atoms with Crippen LogP contribution in [0.25, 0.3) is 0 Å². The van der Waals surface area contributed by atoms with Gasteiger partial charge in [0.15, 0.2) is 0 Å². The number of anilines is 1. The van der Waals surface area contributed by atoms with E-state index in [1.807, 2.05) is 38.1 Å². The maximum Gasteiger partial charge on any atom is 0.338 e. The number of carbonyl (C=O) groups is 1. The highest BCUT2D eigenvalue weighted by Gasteiger charge is 2.34. The molecule has 0 spiro atoms. The SMILES string of the molecule is CCSCCOC(=O)C1=C(C)Nc2ncnn2[C@H]1c1ccc(C)cc1. The predicted molar refractivity (Wildman–Crippen MR) is 99.6 cm³/mol. The summed E-state index contributed by atoms with van der Waals surface area (Å²) in [7, 11) is 0. The van der Waals surface area contributed by atoms with Gasteiger partial charge in [0.25, 0.3) is 0 Å². The Balaban J connectivity index is 1.92. The molecule has 0 unspecified atom stereocenters. The van der Waals surface area contributed by atoms with Gasteiger partial charge in [-0.05, 0) is 25.2 Å². The van der Waals surface area contributed by atoms with Gasteiger partial charge in [0.1, 0.15) is 19.0 Å². The molecule has 0 saturated heterocycles. The van der Waals surface area contributed by atoms with Crippen molar-refractivity contribution in [2.24, 2.45) is 0 Å². The molecule has 0 radical (unpaired) electrons. The minimum Gasteiger partial charge on any atom is -0.461 e. The molecule has 1 aliphatic heterocycles. The van der Waals surface area contributed by atoms with E-state index in [0.29, 0.717) is 18.1 Å². The second-order valence-corrected chi connectivity index (χ2v) is 7.23. The van der Waals surface area contributed by atoms with Crippen molar-refractivity contribution in [2.75, 3.05) is 23.4 Å². The highest BCUT2D eigenvalue weighted by Crippen LogP contribution is 2.35. The summed E-state index contributed by atoms with van der Waals surface area (Å²) in [5.41, 5.74) is 3.47. The third kappa shape index (κ3) is 3.71. The molecule has 1 aromatic heterocycles. The average Bonchev–Trinajstić information content (AvgIpc) is 3.06. The summed E-state index contributed by atoms with van der Waals surface area (Å²) < 4.78 is 7.23. The Morgan fingerprint density at radius 1 is 1.32 bits per heavy atom. The van der Waals surface area contributed by atoms with Crippen LogP contribution in [-0.4, -0.2) is 38.8 Å². The number of aromatic nitrogens is 3. The van der Waals surface area contributed by atoms with Crippen molar-refractivity contribution >= 4 is 23.7 Å². The summed E-state index contributed by atoms with van der Waals surface area (Å²) >= 11 is 1.75. The van der Waals surface area contributed by atoms with Gasteiger partial charge in [0.05, 0.1) is 5.57 Å². The zero-order valence-corrected chi connectivity index (χ0v) is 15.5. The van der Waals surface area contributed by atoms with Gasteiger partial charge in [0.2, 0.25) is 5.95 Å². The summed E-state index contributed by atoms with van der Waals surface area (Å²) in [5, 5.41) is 7.46. The van der Waals surface area contributed by atoms with Gasteiger partial charge in [0, 0.05) is 11.4 Å². The molecule has 1 aliphatic rings. The maximum absolute atomic E-state index is 12.8. The van der Waals surface area contributed by atoms with E-state index < -0.39 is 0 Å². The van der Waals surface area contributed by atoms with Gasteiger partial charge in [-0.1, -0.05) is 36.8 Å². The third-order valence-corrected chi connectivity index (χ3v) is 4.94. The number of allylic oxidation sites excluding steroid dienone is 1. The Labute approximate surface area is 151 Å². The highest BCUT2D eigenvalue weighted by molar-refractivity contribution is 7.99. The normalized spacial score (nSPS) is 16.4. The topological polar surface area (TPSA) is 69.0 Å². The largest absolute Gasteiger partial charge is 0.461 e. The molecule has 3 rings (SSSR count). The van der Waals surface area contributed by atoms with Crippen molar-refractivity contribution in [2.45, 2.75) is 26.8 Å². The standard InChI is InChI=1S/C18H22N4O2S/c1-4-25-10-9-24-17(23)15-13(3)21-18-19-11-20-22(18)16(15)14-7-5-12(2)6-8-14/h5-8,11,16H,4,9-10H2,1-3H3,(H,19,20,21)/t16-/m0/s1. The lowest BCUT2D eigenvalue weighted by atomic mass is 9.95. The monoisotopic (exact) mass is 358 g/mol. The number of thioether (sulfide) groups is 1. The van der Waals surface area contributed by atoms with Gasteiger partial charge >= 0.3 is 5.97 Å². The highest BCUT2D eigenvalue weighted by atomic mass is 32.2. The zero-order valence-electron chi connectivity index (χ0n) is 14.7. The molecule has 0 amide bonds. The average molecular weight is 358 g/mol. The van der Waals surface area contributed by atoms with Crippen LogP contribution in [0.2, 0.25) is 0 Å². The van der Waals surface area contributed by atoms with Gasteiger partial charge in [-0.3, -0.25) is 0 Å². The van der Waals surface area contributed by atoms with Crippen molar-refractivity contribution in [1.29, 1.82) is 0 Å². The van der Waals surface area contributed by atoms with Crippen molar-refractivity contribution in [1.82, 2.24) is 14.8 Å². The first-order chi connectivity index (χ1) is 12.1. The van der Waals surface area contributed by atoms with E-state index in [2.05, 4.69) is 22.3 Å². The van der Waals surface area contributed by atoms with Crippen LogP contribution in [0, 0.1) is 6.92 Å². The summed E-state index contributed by atoms with van der Waals surface area (Å²) in [4.78, 5) is 17.0. The van der Waals surface area contributed by atoms with Crippen LogP contribution in [0.5, 0.6) is 0 Å². The minimum atomic E-state index is -0.342. The molecule has 0 fully saturated rings. The number of nitrogens with one attached hydrogen (secondary N) is 1. The number of fused-ring (bicyclic) bond motifs is 1. The van der Waals surface area contributed by atoms with Crippen LogP contribution in [0.1, 0.15) is 31.0 Å². The molecule has 2 aromatic rings. The summed E-state index contributed by atoms with van der Waals surface area (Å²) in [5.74, 6) is 2.12. The molecule has 6 nitrogen and oxygen atoms in total. The van der Waals surface area contributed by atoms with Gasteiger partial charge in [-0.25, -0.2) is 9.48 Å². The molecule has 7 heteroatoms. The van der Waals surface area contributed by atoms with Crippen LogP contribution in [0.3, 0.4) is 0 Å². The molecule has 2 heterocycles. The number of carbonyl (C=O) groups excluding carboxylic acids is 1. The third-order valence-electron chi connectivity index (χ3n) is 4.07. The van der Waals surface area contributed by atoms with E-state index in [4.69, 9.17) is 4.74 Å². The number of ether oxygens (including phenoxy) is 1. The maximum atomic E-state index is 12.8. The number of rotatable bonds is 6. The molecule has 0 aliphatic carbocycles. The van der Waals surface area contributed by atoms with Crippen molar-refractivity contribution in [3.05, 3.63) is 53.0 Å². The number of esters is 1. The molecule has 1 aromatic carbocycles. The van der Waals surface area contributed by atoms with Crippen LogP contribution in [0.4, 0.5) is 5.95 Å². The fourth-order valence-electron chi connectivity index (χ4n) is 2.83. The molecule has 132 valence electrons. The molecule has 1 atom stereocenters. The van der Waals surface area contributed by atoms with Crippen LogP contribution in [0.15, 0.2) is 41.9 Å². The lowest BCUT2D eigenvalue weighted by Gasteiger charge is -2.28. The van der Waals surface area contributed by atoms with E-state index in [0.717, 1.165) is 28.3 Å². The lowest BCUT2D eigenvalue weighted by molar-refractivity contribution is -0.138. The van der Waals surface area contributed by atoms with Crippen molar-refractivity contribution in [3.8, 4) is 0 Å². The fraction of sp³-hybridized carbons (Fsp3) is 0.389. The fourth-order valence-corrected chi connectivity index (χ4v) is 3.32. The number of aryl methyl sites for hydroxylation is 1. The Bertz CT molecular complexity index is 783. The number of benzene rings is 1. The van der Waals surface area contributed by atoms with Crippen molar-refractivity contribution < 1.29 is 9.53 Å². The minimum absolute atomic E-state index is 0.312. The van der Waals surface area contributed by atoms with E-state index in [9.17, 15) is 4.79 Å². The smallest absolute Gasteiger partial charge is 0.338 e. The van der Waals surface area contributed by atoms with E-state index in [-0.39, 0.29) is 12.0 Å². The van der Waals surface area contributed by atoms with E-state index in [1.165, 1.54) is 6.33 Å². The summed E-state index contributed by atoms with van der Waals surface area (Å²) in [6.45, 7) is 6.40. The summed E-state index contributed by atoms with van der Waals surface area (Å²) in [6, 6.07) is 7.76. The molecule has 25 heavy (non-hydrogen) atoms. The number of hydrogen-bond donors (Lipinski definition) is 1. The van der Waals surface area contributed by atoms with Gasteiger partial charge < -0.3 is 10.1 Å².